The first kappa shape index (κ1) is 20.7. The molecule has 0 unspecified atom stereocenters. The molecule has 0 aliphatic carbocycles. The third kappa shape index (κ3) is 6.65. The lowest BCUT2D eigenvalue weighted by molar-refractivity contribution is -0.164. The smallest absolute Gasteiger partial charge is 0.370 e. The van der Waals surface area contributed by atoms with E-state index in [1.165, 1.54) is 0 Å². The third-order valence-electron chi connectivity index (χ3n) is 3.01. The van der Waals surface area contributed by atoms with Crippen molar-refractivity contribution in [3.8, 4) is 0 Å². The van der Waals surface area contributed by atoms with Crippen molar-refractivity contribution in [1.82, 2.24) is 0 Å². The molecular weight excluding hydrogens is 326 g/mol. The fourth-order valence-electron chi connectivity index (χ4n) is 1.10. The zero-order valence-electron chi connectivity index (χ0n) is 12.6. The fourth-order valence-corrected chi connectivity index (χ4v) is 1.50. The third-order valence-corrected chi connectivity index (χ3v) is 3.97. The van der Waals surface area contributed by atoms with Crippen molar-refractivity contribution in [3.05, 3.63) is 0 Å². The van der Waals surface area contributed by atoms with Crippen LogP contribution in [0.25, 0.3) is 0 Å². The van der Waals surface area contributed by atoms with Crippen LogP contribution in [0.1, 0.15) is 40.0 Å². The predicted molar refractivity (Wildman–Crippen MR) is 71.7 cm³/mol. The van der Waals surface area contributed by atoms with Gasteiger partial charge in [-0.2, -0.15) is 17.2 Å². The van der Waals surface area contributed by atoms with E-state index in [1.807, 2.05) is 0 Å². The van der Waals surface area contributed by atoms with E-state index in [1.54, 1.807) is 20.8 Å². The highest BCUT2D eigenvalue weighted by molar-refractivity contribution is 7.86. The summed E-state index contributed by atoms with van der Waals surface area (Å²) in [5, 5.41) is -4.29. The van der Waals surface area contributed by atoms with Crippen LogP contribution in [-0.2, 0) is 29.2 Å². The molecule has 0 saturated heterocycles. The van der Waals surface area contributed by atoms with Gasteiger partial charge in [0, 0.05) is 6.42 Å². The van der Waals surface area contributed by atoms with Crippen LogP contribution in [0.15, 0.2) is 0 Å². The predicted octanol–water partition coefficient (Wildman–Crippen LogP) is 1.77. The molecule has 0 spiro atoms. The molecule has 0 rings (SSSR count). The molecule has 0 aliphatic heterocycles. The summed E-state index contributed by atoms with van der Waals surface area (Å²) in [6.07, 6.45) is -1.17. The molecule has 0 aromatic rings. The minimum atomic E-state index is -5.49. The molecule has 0 amide bonds. The Kier molecular flexibility index (Phi) is 7.36. The van der Waals surface area contributed by atoms with Crippen LogP contribution in [0.5, 0.6) is 0 Å². The molecule has 0 aromatic heterocycles. The number of alkyl halides is 2. The Bertz CT molecular complexity index is 500. The van der Waals surface area contributed by atoms with Gasteiger partial charge < -0.3 is 9.47 Å². The molecule has 0 aromatic carbocycles. The number of esters is 2. The Labute approximate surface area is 127 Å². The summed E-state index contributed by atoms with van der Waals surface area (Å²) < 4.78 is 63.8. The summed E-state index contributed by atoms with van der Waals surface area (Å²) in [7, 11) is -5.49. The van der Waals surface area contributed by atoms with Crippen LogP contribution in [0.2, 0.25) is 0 Å². The Morgan fingerprint density at radius 3 is 2.18 bits per heavy atom. The first-order valence-corrected chi connectivity index (χ1v) is 7.95. The van der Waals surface area contributed by atoms with Gasteiger partial charge in [0.1, 0.15) is 0 Å². The first-order valence-electron chi connectivity index (χ1n) is 6.51. The van der Waals surface area contributed by atoms with E-state index in [4.69, 9.17) is 9.29 Å². The second kappa shape index (κ2) is 7.82. The molecule has 0 bridgehead atoms. The maximum atomic E-state index is 12.8. The minimum Gasteiger partial charge on any atom is -0.463 e. The maximum Gasteiger partial charge on any atom is 0.370 e. The number of hydrogen-bond donors (Lipinski definition) is 1. The van der Waals surface area contributed by atoms with Gasteiger partial charge in [0.05, 0.1) is 12.0 Å². The summed E-state index contributed by atoms with van der Waals surface area (Å²) in [4.78, 5) is 22.8. The van der Waals surface area contributed by atoms with E-state index in [0.29, 0.717) is 6.42 Å². The highest BCUT2D eigenvalue weighted by Gasteiger charge is 2.43. The quantitative estimate of drug-likeness (QED) is 0.385. The van der Waals surface area contributed by atoms with Gasteiger partial charge in [-0.1, -0.05) is 6.92 Å². The van der Waals surface area contributed by atoms with Crippen molar-refractivity contribution in [2.24, 2.45) is 5.41 Å². The summed E-state index contributed by atoms with van der Waals surface area (Å²) in [6, 6.07) is 0. The molecular formula is C12H20F2O7S. The van der Waals surface area contributed by atoms with Crippen LogP contribution >= 0.6 is 0 Å². The van der Waals surface area contributed by atoms with Gasteiger partial charge in [0.25, 0.3) is 0 Å². The van der Waals surface area contributed by atoms with Gasteiger partial charge in [-0.15, -0.1) is 0 Å². The standard InChI is InChI=1S/C12H20F2O7S/c1-4-11(2,3)10(16)21-8-9(15)20-7-5-6-12(13,14)22(17,18)19/h4-8H2,1-3H3,(H,17,18,19). The zero-order chi connectivity index (χ0) is 17.6. The Morgan fingerprint density at radius 1 is 1.18 bits per heavy atom. The molecule has 0 fully saturated rings. The van der Waals surface area contributed by atoms with E-state index in [2.05, 4.69) is 4.74 Å². The summed E-state index contributed by atoms with van der Waals surface area (Å²) >= 11 is 0. The number of ether oxygens (including phenoxy) is 2. The van der Waals surface area contributed by atoms with Crippen molar-refractivity contribution >= 4 is 22.1 Å². The molecule has 7 nitrogen and oxygen atoms in total. The maximum absolute atomic E-state index is 12.8. The van der Waals surface area contributed by atoms with Crippen molar-refractivity contribution in [1.29, 1.82) is 0 Å². The molecule has 10 heteroatoms. The lowest BCUT2D eigenvalue weighted by Crippen LogP contribution is -2.29. The van der Waals surface area contributed by atoms with Gasteiger partial charge >= 0.3 is 27.3 Å². The van der Waals surface area contributed by atoms with E-state index in [9.17, 15) is 26.8 Å². The summed E-state index contributed by atoms with van der Waals surface area (Å²) in [5.74, 6) is -1.53. The second-order valence-corrected chi connectivity index (χ2v) is 6.80. The van der Waals surface area contributed by atoms with Gasteiger partial charge in [0.15, 0.2) is 6.61 Å². The van der Waals surface area contributed by atoms with Gasteiger partial charge in [-0.05, 0) is 26.7 Å². The minimum absolute atomic E-state index is 0.479. The van der Waals surface area contributed by atoms with Crippen LogP contribution in [0.4, 0.5) is 8.78 Å². The summed E-state index contributed by atoms with van der Waals surface area (Å²) in [6.45, 7) is 3.90. The van der Waals surface area contributed by atoms with Crippen LogP contribution in [-0.4, -0.2) is 43.4 Å². The second-order valence-electron chi connectivity index (χ2n) is 5.25. The molecule has 22 heavy (non-hydrogen) atoms. The molecule has 0 atom stereocenters. The van der Waals surface area contributed by atoms with Crippen molar-refractivity contribution in [3.63, 3.8) is 0 Å². The lowest BCUT2D eigenvalue weighted by atomic mass is 9.91. The number of carbonyl (C=O) groups excluding carboxylic acids is 2. The molecule has 0 aliphatic rings. The Hall–Kier alpha value is -1.29. The van der Waals surface area contributed by atoms with Crippen LogP contribution < -0.4 is 0 Å². The number of carbonyl (C=O) groups is 2. The van der Waals surface area contributed by atoms with E-state index in [0.717, 1.165) is 0 Å². The SMILES string of the molecule is CCC(C)(C)C(=O)OCC(=O)OCCCC(F)(F)S(=O)(=O)O. The number of hydrogen-bond acceptors (Lipinski definition) is 6. The lowest BCUT2D eigenvalue weighted by Gasteiger charge is -2.19. The molecule has 0 saturated carbocycles. The molecule has 0 radical (unpaired) electrons. The normalized spacial score (nSPS) is 12.8. The highest BCUT2D eigenvalue weighted by Crippen LogP contribution is 2.26. The molecule has 130 valence electrons. The first-order chi connectivity index (χ1) is 9.83. The zero-order valence-corrected chi connectivity index (χ0v) is 13.4. The van der Waals surface area contributed by atoms with E-state index < -0.39 is 58.8 Å². The van der Waals surface area contributed by atoms with Crippen molar-refractivity contribution in [2.75, 3.05) is 13.2 Å². The largest absolute Gasteiger partial charge is 0.463 e. The van der Waals surface area contributed by atoms with E-state index in [-0.39, 0.29) is 0 Å². The van der Waals surface area contributed by atoms with Crippen LogP contribution in [0, 0.1) is 5.41 Å². The van der Waals surface area contributed by atoms with Gasteiger partial charge in [-0.25, -0.2) is 4.79 Å². The monoisotopic (exact) mass is 346 g/mol. The molecule has 1 N–H and O–H groups in total. The van der Waals surface area contributed by atoms with Crippen molar-refractivity contribution in [2.45, 2.75) is 45.3 Å². The summed E-state index contributed by atoms with van der Waals surface area (Å²) in [5.41, 5.74) is -0.752. The molecule has 0 heterocycles. The van der Waals surface area contributed by atoms with E-state index >= 15 is 0 Å². The average molecular weight is 346 g/mol. The van der Waals surface area contributed by atoms with Crippen LogP contribution in [0.3, 0.4) is 0 Å². The average Bonchev–Trinajstić information content (AvgIpc) is 2.39. The highest BCUT2D eigenvalue weighted by atomic mass is 32.2. The Morgan fingerprint density at radius 2 is 1.73 bits per heavy atom. The Balaban J connectivity index is 4.06. The number of halogens is 2. The van der Waals surface area contributed by atoms with Crippen molar-refractivity contribution < 1.29 is 40.8 Å². The van der Waals surface area contributed by atoms with Gasteiger partial charge in [-0.3, -0.25) is 9.35 Å². The van der Waals surface area contributed by atoms with Gasteiger partial charge in [0.2, 0.25) is 0 Å². The fraction of sp³-hybridized carbons (Fsp3) is 0.833. The number of rotatable bonds is 9. The topological polar surface area (TPSA) is 107 Å².